The van der Waals surface area contributed by atoms with E-state index in [4.69, 9.17) is 0 Å². The Balaban J connectivity index is 0.000000223. The summed E-state index contributed by atoms with van der Waals surface area (Å²) < 4.78 is 0. The molecule has 0 saturated heterocycles. The second-order valence-electron chi connectivity index (χ2n) is 3.50. The van der Waals surface area contributed by atoms with E-state index in [-0.39, 0.29) is 0 Å². The van der Waals surface area contributed by atoms with Gasteiger partial charge in [-0.3, -0.25) is 4.98 Å². The first-order valence-corrected chi connectivity index (χ1v) is 4.74. The molecule has 0 unspecified atom stereocenters. The summed E-state index contributed by atoms with van der Waals surface area (Å²) in [6, 6.07) is 6.97. The zero-order chi connectivity index (χ0) is 10.1. The molecule has 1 rings (SSSR count). The molecule has 0 fully saturated rings. The van der Waals surface area contributed by atoms with E-state index in [9.17, 15) is 0 Å². The highest BCUT2D eigenvalue weighted by molar-refractivity contribution is 4.88. The molecule has 0 atom stereocenters. The Morgan fingerprint density at radius 1 is 0.846 bits per heavy atom. The van der Waals surface area contributed by atoms with Crippen LogP contribution in [-0.4, -0.2) is 17.1 Å². The van der Waals surface area contributed by atoms with Crippen molar-refractivity contribution in [2.75, 3.05) is 0 Å². The molecule has 0 spiro atoms. The topological polar surface area (TPSA) is 24.9 Å². The average Bonchev–Trinajstić information content (AvgIpc) is 2.06. The average molecular weight is 180 g/mol. The van der Waals surface area contributed by atoms with Crippen LogP contribution in [-0.2, 0) is 0 Å². The van der Waals surface area contributed by atoms with Crippen molar-refractivity contribution in [3.05, 3.63) is 30.6 Å². The first-order chi connectivity index (χ1) is 6.13. The van der Waals surface area contributed by atoms with Crippen LogP contribution in [0.3, 0.4) is 0 Å². The Hall–Kier alpha value is -0.890. The lowest BCUT2D eigenvalue weighted by atomic mass is 10.3. The molecule has 13 heavy (non-hydrogen) atoms. The van der Waals surface area contributed by atoms with Gasteiger partial charge in [-0.15, -0.1) is 0 Å². The molecule has 0 saturated carbocycles. The fraction of sp³-hybridized carbons (Fsp3) is 0.545. The normalized spacial score (nSPS) is 9.69. The van der Waals surface area contributed by atoms with Crippen molar-refractivity contribution in [2.45, 2.75) is 39.8 Å². The van der Waals surface area contributed by atoms with E-state index in [1.807, 2.05) is 18.2 Å². The highest BCUT2D eigenvalue weighted by Gasteiger charge is 1.92. The van der Waals surface area contributed by atoms with E-state index in [2.05, 4.69) is 38.0 Å². The van der Waals surface area contributed by atoms with Crippen LogP contribution in [0.15, 0.2) is 30.6 Å². The van der Waals surface area contributed by atoms with Crippen LogP contribution in [0.5, 0.6) is 0 Å². The Morgan fingerprint density at radius 3 is 1.38 bits per heavy atom. The minimum atomic E-state index is 0.625. The number of pyridine rings is 1. The third kappa shape index (κ3) is 11.1. The SMILES string of the molecule is CC(C)NC(C)C.c1ccncc1. The fourth-order valence-electron chi connectivity index (χ4n) is 0.979. The highest BCUT2D eigenvalue weighted by Crippen LogP contribution is 1.80. The molecule has 1 aromatic rings. The van der Waals surface area contributed by atoms with Gasteiger partial charge >= 0.3 is 0 Å². The lowest BCUT2D eigenvalue weighted by Gasteiger charge is -2.10. The smallest absolute Gasteiger partial charge is 0.0267 e. The Morgan fingerprint density at radius 2 is 1.31 bits per heavy atom. The van der Waals surface area contributed by atoms with Gasteiger partial charge in [0.15, 0.2) is 0 Å². The number of rotatable bonds is 2. The van der Waals surface area contributed by atoms with E-state index in [0.717, 1.165) is 0 Å². The molecular formula is C11H20N2. The van der Waals surface area contributed by atoms with Gasteiger partial charge in [-0.05, 0) is 12.1 Å². The predicted molar refractivity (Wildman–Crippen MR) is 57.6 cm³/mol. The Kier molecular flexibility index (Phi) is 7.21. The lowest BCUT2D eigenvalue weighted by Crippen LogP contribution is -2.29. The van der Waals surface area contributed by atoms with Gasteiger partial charge in [-0.1, -0.05) is 33.8 Å². The summed E-state index contributed by atoms with van der Waals surface area (Å²) in [6.45, 7) is 8.61. The molecule has 0 aliphatic carbocycles. The molecule has 0 aromatic carbocycles. The summed E-state index contributed by atoms with van der Waals surface area (Å²) >= 11 is 0. The number of hydrogen-bond acceptors (Lipinski definition) is 2. The zero-order valence-corrected chi connectivity index (χ0v) is 8.99. The summed E-state index contributed by atoms with van der Waals surface area (Å²) in [5.74, 6) is 0. The van der Waals surface area contributed by atoms with Gasteiger partial charge in [-0.25, -0.2) is 0 Å². The first-order valence-electron chi connectivity index (χ1n) is 4.74. The van der Waals surface area contributed by atoms with E-state index in [0.29, 0.717) is 12.1 Å². The van der Waals surface area contributed by atoms with Crippen molar-refractivity contribution in [1.29, 1.82) is 0 Å². The first kappa shape index (κ1) is 12.1. The van der Waals surface area contributed by atoms with E-state index in [1.54, 1.807) is 12.4 Å². The van der Waals surface area contributed by atoms with Crippen LogP contribution >= 0.6 is 0 Å². The summed E-state index contributed by atoms with van der Waals surface area (Å²) in [5.41, 5.74) is 0. The zero-order valence-electron chi connectivity index (χ0n) is 8.99. The standard InChI is InChI=1S/C6H15N.C5H5N/c1-5(2)7-6(3)4;1-2-4-6-5-3-1/h5-7H,1-4H3;1-5H. The fourth-order valence-corrected chi connectivity index (χ4v) is 0.979. The number of hydrogen-bond donors (Lipinski definition) is 1. The molecule has 0 aliphatic heterocycles. The molecule has 74 valence electrons. The second-order valence-corrected chi connectivity index (χ2v) is 3.50. The van der Waals surface area contributed by atoms with Crippen molar-refractivity contribution in [1.82, 2.24) is 10.3 Å². The van der Waals surface area contributed by atoms with Gasteiger partial charge in [0.05, 0.1) is 0 Å². The minimum absolute atomic E-state index is 0.625. The highest BCUT2D eigenvalue weighted by atomic mass is 14.9. The van der Waals surface area contributed by atoms with Crippen molar-refractivity contribution >= 4 is 0 Å². The summed E-state index contributed by atoms with van der Waals surface area (Å²) in [5, 5.41) is 3.31. The van der Waals surface area contributed by atoms with E-state index < -0.39 is 0 Å². The van der Waals surface area contributed by atoms with Crippen LogP contribution in [0.1, 0.15) is 27.7 Å². The van der Waals surface area contributed by atoms with Gasteiger partial charge in [0.1, 0.15) is 0 Å². The maximum atomic E-state index is 3.78. The molecule has 1 N–H and O–H groups in total. The van der Waals surface area contributed by atoms with Crippen molar-refractivity contribution in [3.63, 3.8) is 0 Å². The number of nitrogens with zero attached hydrogens (tertiary/aromatic N) is 1. The third-order valence-corrected chi connectivity index (χ3v) is 1.23. The largest absolute Gasteiger partial charge is 0.312 e. The van der Waals surface area contributed by atoms with Crippen LogP contribution in [0.4, 0.5) is 0 Å². The van der Waals surface area contributed by atoms with Crippen LogP contribution in [0, 0.1) is 0 Å². The Labute approximate surface area is 81.4 Å². The molecule has 2 nitrogen and oxygen atoms in total. The van der Waals surface area contributed by atoms with Crippen LogP contribution in [0.2, 0.25) is 0 Å². The molecule has 1 heterocycles. The number of nitrogens with one attached hydrogen (secondary N) is 1. The molecule has 0 aliphatic rings. The van der Waals surface area contributed by atoms with Crippen LogP contribution < -0.4 is 5.32 Å². The molecular weight excluding hydrogens is 160 g/mol. The van der Waals surface area contributed by atoms with Crippen LogP contribution in [0.25, 0.3) is 0 Å². The molecule has 0 bridgehead atoms. The van der Waals surface area contributed by atoms with E-state index in [1.165, 1.54) is 0 Å². The quantitative estimate of drug-likeness (QED) is 0.756. The summed E-state index contributed by atoms with van der Waals surface area (Å²) in [7, 11) is 0. The van der Waals surface area contributed by atoms with Crippen molar-refractivity contribution in [3.8, 4) is 0 Å². The van der Waals surface area contributed by atoms with Gasteiger partial charge in [-0.2, -0.15) is 0 Å². The summed E-state index contributed by atoms with van der Waals surface area (Å²) in [4.78, 5) is 3.78. The van der Waals surface area contributed by atoms with Crippen molar-refractivity contribution < 1.29 is 0 Å². The van der Waals surface area contributed by atoms with Gasteiger partial charge in [0.25, 0.3) is 0 Å². The molecule has 2 heteroatoms. The van der Waals surface area contributed by atoms with Crippen molar-refractivity contribution in [2.24, 2.45) is 0 Å². The summed E-state index contributed by atoms with van der Waals surface area (Å²) in [6.07, 6.45) is 3.50. The van der Waals surface area contributed by atoms with Gasteiger partial charge < -0.3 is 5.32 Å². The lowest BCUT2D eigenvalue weighted by molar-refractivity contribution is 0.518. The third-order valence-electron chi connectivity index (χ3n) is 1.23. The molecule has 0 radical (unpaired) electrons. The monoisotopic (exact) mass is 180 g/mol. The maximum absolute atomic E-state index is 3.78. The maximum Gasteiger partial charge on any atom is 0.0267 e. The Bertz CT molecular complexity index is 150. The minimum Gasteiger partial charge on any atom is -0.312 e. The number of aromatic nitrogens is 1. The predicted octanol–water partition coefficient (Wildman–Crippen LogP) is 2.47. The molecule has 0 amide bonds. The van der Waals surface area contributed by atoms with Gasteiger partial charge in [0.2, 0.25) is 0 Å². The second kappa shape index (κ2) is 7.74. The van der Waals surface area contributed by atoms with E-state index >= 15 is 0 Å². The van der Waals surface area contributed by atoms with Gasteiger partial charge in [0, 0.05) is 24.5 Å². The molecule has 1 aromatic heterocycles.